The number of carbonyl (C=O) groups excluding carboxylic acids is 1. The molecule has 3 atom stereocenters. The molecule has 0 aromatic heterocycles. The van der Waals surface area contributed by atoms with Gasteiger partial charge < -0.3 is 5.11 Å². The van der Waals surface area contributed by atoms with Gasteiger partial charge >= 0.3 is 17.3 Å². The topological polar surface area (TPSA) is 167 Å². The summed E-state index contributed by atoms with van der Waals surface area (Å²) in [5.74, 6) is -1.47. The summed E-state index contributed by atoms with van der Waals surface area (Å²) in [6.07, 6.45) is 0.306. The van der Waals surface area contributed by atoms with E-state index in [2.05, 4.69) is 0 Å². The van der Waals surface area contributed by atoms with Gasteiger partial charge in [0.15, 0.2) is 0 Å². The largest absolute Gasteiger partial charge is 0.375 e. The summed E-state index contributed by atoms with van der Waals surface area (Å²) in [4.78, 5) is 40.7. The minimum atomic E-state index is -2.84. The number of carbonyl (C=O) groups is 1. The van der Waals surface area contributed by atoms with E-state index in [1.165, 1.54) is 0 Å². The Morgan fingerprint density at radius 3 is 2.00 bits per heavy atom. The Kier molecular flexibility index (Phi) is 3.12. The maximum absolute atomic E-state index is 11.8. The van der Waals surface area contributed by atoms with Crippen LogP contribution in [0.3, 0.4) is 0 Å². The molecule has 1 aliphatic carbocycles. The van der Waals surface area contributed by atoms with Crippen molar-refractivity contribution in [1.82, 2.24) is 0 Å². The van der Waals surface area contributed by atoms with Gasteiger partial charge in [-0.05, 0) is 6.92 Å². The van der Waals surface area contributed by atoms with Crippen LogP contribution in [0.4, 0.5) is 0 Å². The molecule has 0 aliphatic heterocycles. The summed E-state index contributed by atoms with van der Waals surface area (Å²) in [6.45, 7) is 1.39. The van der Waals surface area contributed by atoms with Gasteiger partial charge in [-0.25, -0.2) is 0 Å². The van der Waals surface area contributed by atoms with Crippen molar-refractivity contribution in [3.05, 3.63) is 42.1 Å². The first-order chi connectivity index (χ1) is 8.46. The lowest BCUT2D eigenvalue weighted by atomic mass is 9.74. The molecule has 0 bridgehead atoms. The Morgan fingerprint density at radius 1 is 1.21 bits per heavy atom. The van der Waals surface area contributed by atoms with Crippen molar-refractivity contribution in [3.63, 3.8) is 0 Å². The van der Waals surface area contributed by atoms with Crippen LogP contribution in [0.15, 0.2) is 11.8 Å². The van der Waals surface area contributed by atoms with Gasteiger partial charge in [-0.15, -0.1) is 0 Å². The van der Waals surface area contributed by atoms with Crippen LogP contribution in [-0.4, -0.2) is 42.8 Å². The molecule has 19 heavy (non-hydrogen) atoms. The second kappa shape index (κ2) is 4.05. The number of ketones is 1. The maximum atomic E-state index is 11.8. The second-order valence-electron chi connectivity index (χ2n) is 4.40. The predicted octanol–water partition coefficient (Wildman–Crippen LogP) is -0.839. The third kappa shape index (κ3) is 1.93. The Balaban J connectivity index is 3.65. The standard InChI is InChI=1S/C8H9N3O8/c1-7(11(18)19)3-4(9(14)15)5(10(16)17)8(2,13)6(7)12/h3,5,13H,1-2H3/t5-,7-,8-/m1/s1. The van der Waals surface area contributed by atoms with E-state index < -0.39 is 43.4 Å². The van der Waals surface area contributed by atoms with E-state index >= 15 is 0 Å². The Labute approximate surface area is 105 Å². The molecule has 0 fully saturated rings. The van der Waals surface area contributed by atoms with Crippen molar-refractivity contribution < 1.29 is 24.7 Å². The molecule has 1 rings (SSSR count). The third-order valence-corrected chi connectivity index (χ3v) is 2.96. The van der Waals surface area contributed by atoms with E-state index in [9.17, 15) is 40.2 Å². The first kappa shape index (κ1) is 14.6. The van der Waals surface area contributed by atoms with E-state index in [0.29, 0.717) is 13.0 Å². The lowest BCUT2D eigenvalue weighted by molar-refractivity contribution is -0.582. The number of Topliss-reactive ketones (excluding diaryl/α,β-unsaturated/α-hetero) is 1. The molecule has 0 radical (unpaired) electrons. The molecule has 11 heteroatoms. The first-order valence-electron chi connectivity index (χ1n) is 4.88. The van der Waals surface area contributed by atoms with E-state index in [4.69, 9.17) is 0 Å². The predicted molar refractivity (Wildman–Crippen MR) is 56.9 cm³/mol. The van der Waals surface area contributed by atoms with Crippen LogP contribution < -0.4 is 0 Å². The summed E-state index contributed by atoms with van der Waals surface area (Å²) in [5.41, 5.74) is -6.62. The monoisotopic (exact) mass is 275 g/mol. The van der Waals surface area contributed by atoms with Gasteiger partial charge in [-0.3, -0.25) is 35.1 Å². The number of rotatable bonds is 3. The molecule has 0 saturated heterocycles. The van der Waals surface area contributed by atoms with Crippen LogP contribution >= 0.6 is 0 Å². The molecule has 1 aliphatic rings. The fourth-order valence-electron chi connectivity index (χ4n) is 1.96. The highest BCUT2D eigenvalue weighted by Crippen LogP contribution is 2.35. The zero-order valence-electron chi connectivity index (χ0n) is 9.80. The highest BCUT2D eigenvalue weighted by molar-refractivity contribution is 5.97. The molecule has 11 nitrogen and oxygen atoms in total. The van der Waals surface area contributed by atoms with Crippen molar-refractivity contribution in [3.8, 4) is 0 Å². The van der Waals surface area contributed by atoms with Crippen molar-refractivity contribution in [1.29, 1.82) is 0 Å². The molecular weight excluding hydrogens is 266 g/mol. The molecular formula is C8H9N3O8. The van der Waals surface area contributed by atoms with Crippen LogP contribution in [0.5, 0.6) is 0 Å². The van der Waals surface area contributed by atoms with Crippen LogP contribution in [0.1, 0.15) is 13.8 Å². The van der Waals surface area contributed by atoms with Crippen molar-refractivity contribution >= 4 is 5.78 Å². The quantitative estimate of drug-likeness (QED) is 0.513. The zero-order chi connectivity index (χ0) is 15.2. The van der Waals surface area contributed by atoms with E-state index in [-0.39, 0.29) is 0 Å². The van der Waals surface area contributed by atoms with Crippen molar-refractivity contribution in [2.75, 3.05) is 0 Å². The average Bonchev–Trinajstić information content (AvgIpc) is 2.23. The van der Waals surface area contributed by atoms with E-state index in [1.54, 1.807) is 0 Å². The van der Waals surface area contributed by atoms with Crippen LogP contribution in [-0.2, 0) is 4.79 Å². The zero-order valence-corrected chi connectivity index (χ0v) is 9.80. The molecule has 0 heterocycles. The Bertz CT molecular complexity index is 524. The molecule has 1 N–H and O–H groups in total. The van der Waals surface area contributed by atoms with E-state index in [1.807, 2.05) is 0 Å². The minimum Gasteiger partial charge on any atom is -0.375 e. The number of nitro groups is 3. The van der Waals surface area contributed by atoms with Crippen molar-refractivity contribution in [2.45, 2.75) is 31.0 Å². The summed E-state index contributed by atoms with van der Waals surface area (Å²) in [7, 11) is 0. The van der Waals surface area contributed by atoms with Gasteiger partial charge in [-0.2, -0.15) is 0 Å². The van der Waals surface area contributed by atoms with Crippen LogP contribution in [0.2, 0.25) is 0 Å². The molecule has 0 spiro atoms. The van der Waals surface area contributed by atoms with Crippen LogP contribution in [0.25, 0.3) is 0 Å². The highest BCUT2D eigenvalue weighted by atomic mass is 16.7. The van der Waals surface area contributed by atoms with Gasteiger partial charge in [-0.1, -0.05) is 0 Å². The minimum absolute atomic E-state index is 0.306. The smallest absolute Gasteiger partial charge is 0.336 e. The number of aliphatic hydroxyl groups is 1. The van der Waals surface area contributed by atoms with Gasteiger partial charge in [0.25, 0.3) is 5.78 Å². The highest BCUT2D eigenvalue weighted by Gasteiger charge is 2.68. The molecule has 104 valence electrons. The molecule has 0 aromatic rings. The summed E-state index contributed by atoms with van der Waals surface area (Å²) in [5, 5.41) is 42.2. The Morgan fingerprint density at radius 2 is 1.68 bits per heavy atom. The average molecular weight is 275 g/mol. The number of hydrogen-bond acceptors (Lipinski definition) is 8. The Hall–Kier alpha value is -2.43. The summed E-state index contributed by atoms with van der Waals surface area (Å²) < 4.78 is 0. The number of nitrogens with zero attached hydrogens (tertiary/aromatic N) is 3. The SMILES string of the molecule is C[C@]1(O)C(=O)[C@](C)([N+](=O)[O-])C=C([N+](=O)[O-])[C@H]1[N+](=O)[O-]. The van der Waals surface area contributed by atoms with Gasteiger partial charge in [0.2, 0.25) is 5.60 Å². The lowest BCUT2D eigenvalue weighted by Crippen LogP contribution is -2.64. The van der Waals surface area contributed by atoms with Crippen LogP contribution in [0, 0.1) is 30.3 Å². The molecule has 0 unspecified atom stereocenters. The van der Waals surface area contributed by atoms with E-state index in [0.717, 1.165) is 6.92 Å². The summed E-state index contributed by atoms with van der Waals surface area (Å²) in [6, 6.07) is -2.36. The maximum Gasteiger partial charge on any atom is 0.336 e. The van der Waals surface area contributed by atoms with Gasteiger partial charge in [0.1, 0.15) is 0 Å². The lowest BCUT2D eigenvalue weighted by Gasteiger charge is -2.31. The fraction of sp³-hybridized carbons (Fsp3) is 0.625. The van der Waals surface area contributed by atoms with Gasteiger partial charge in [0.05, 0.1) is 11.0 Å². The normalized spacial score (nSPS) is 34.6. The number of hydrogen-bond donors (Lipinski definition) is 1. The summed E-state index contributed by atoms with van der Waals surface area (Å²) >= 11 is 0. The third-order valence-electron chi connectivity index (χ3n) is 2.96. The molecule has 0 aromatic carbocycles. The first-order valence-corrected chi connectivity index (χ1v) is 4.88. The van der Waals surface area contributed by atoms with Gasteiger partial charge in [0, 0.05) is 16.8 Å². The molecule has 0 saturated carbocycles. The van der Waals surface area contributed by atoms with Crippen molar-refractivity contribution in [2.24, 2.45) is 0 Å². The molecule has 0 amide bonds. The fourth-order valence-corrected chi connectivity index (χ4v) is 1.96. The second-order valence-corrected chi connectivity index (χ2v) is 4.40.